The molecule has 90 valence electrons. The zero-order valence-electron chi connectivity index (χ0n) is 9.99. The second-order valence-corrected chi connectivity index (χ2v) is 4.25. The average Bonchev–Trinajstić information content (AvgIpc) is 2.30. The van der Waals surface area contributed by atoms with E-state index in [1.807, 2.05) is 18.2 Å². The first-order chi connectivity index (χ1) is 8.20. The van der Waals surface area contributed by atoms with Crippen LogP contribution in [0.5, 0.6) is 0 Å². The standard InChI is InChI=1S/C14H16O3/c1-2-17-14(16)9-10-6-7-11-4-3-5-13(15)12(11)8-10/h6-8H,2-5,9H2,1H3. The fourth-order valence-corrected chi connectivity index (χ4v) is 2.16. The van der Waals surface area contributed by atoms with Gasteiger partial charge in [-0.05, 0) is 37.0 Å². The fraction of sp³-hybridized carbons (Fsp3) is 0.429. The van der Waals surface area contributed by atoms with Crippen LogP contribution in [0.3, 0.4) is 0 Å². The number of fused-ring (bicyclic) bond motifs is 1. The number of hydrogen-bond acceptors (Lipinski definition) is 3. The SMILES string of the molecule is CCOC(=O)Cc1ccc2c(c1)C(=O)CCC2. The molecular formula is C14H16O3. The Hall–Kier alpha value is -1.64. The van der Waals surface area contributed by atoms with Crippen molar-refractivity contribution in [3.63, 3.8) is 0 Å². The Bertz CT molecular complexity index is 449. The first-order valence-electron chi connectivity index (χ1n) is 6.01. The van der Waals surface area contributed by atoms with Gasteiger partial charge in [-0.25, -0.2) is 0 Å². The van der Waals surface area contributed by atoms with Crippen molar-refractivity contribution >= 4 is 11.8 Å². The van der Waals surface area contributed by atoms with Crippen molar-refractivity contribution in [2.24, 2.45) is 0 Å². The molecule has 17 heavy (non-hydrogen) atoms. The highest BCUT2D eigenvalue weighted by Gasteiger charge is 2.17. The number of esters is 1. The van der Waals surface area contributed by atoms with Crippen molar-refractivity contribution in [3.05, 3.63) is 34.9 Å². The van der Waals surface area contributed by atoms with Gasteiger partial charge in [-0.2, -0.15) is 0 Å². The van der Waals surface area contributed by atoms with Crippen molar-refractivity contribution in [1.82, 2.24) is 0 Å². The van der Waals surface area contributed by atoms with Gasteiger partial charge < -0.3 is 4.74 Å². The van der Waals surface area contributed by atoms with Crippen LogP contribution in [0.25, 0.3) is 0 Å². The van der Waals surface area contributed by atoms with E-state index in [1.54, 1.807) is 6.92 Å². The largest absolute Gasteiger partial charge is 0.466 e. The molecule has 0 saturated carbocycles. The van der Waals surface area contributed by atoms with E-state index >= 15 is 0 Å². The summed E-state index contributed by atoms with van der Waals surface area (Å²) < 4.78 is 4.89. The lowest BCUT2D eigenvalue weighted by molar-refractivity contribution is -0.142. The van der Waals surface area contributed by atoms with Gasteiger partial charge in [-0.1, -0.05) is 12.1 Å². The summed E-state index contributed by atoms with van der Waals surface area (Å²) in [6.07, 6.45) is 2.76. The first kappa shape index (κ1) is 11.8. The smallest absolute Gasteiger partial charge is 0.310 e. The van der Waals surface area contributed by atoms with E-state index in [-0.39, 0.29) is 18.2 Å². The van der Waals surface area contributed by atoms with Crippen molar-refractivity contribution < 1.29 is 14.3 Å². The second-order valence-electron chi connectivity index (χ2n) is 4.25. The normalized spacial score (nSPS) is 14.3. The van der Waals surface area contributed by atoms with E-state index in [0.29, 0.717) is 13.0 Å². The maximum atomic E-state index is 11.7. The molecule has 0 amide bonds. The van der Waals surface area contributed by atoms with Crippen LogP contribution in [0.1, 0.15) is 41.3 Å². The monoisotopic (exact) mass is 232 g/mol. The van der Waals surface area contributed by atoms with Crippen molar-refractivity contribution in [3.8, 4) is 0 Å². The van der Waals surface area contributed by atoms with Gasteiger partial charge >= 0.3 is 5.97 Å². The summed E-state index contributed by atoms with van der Waals surface area (Å²) >= 11 is 0. The predicted molar refractivity (Wildman–Crippen MR) is 64.0 cm³/mol. The number of hydrogen-bond donors (Lipinski definition) is 0. The van der Waals surface area contributed by atoms with Crippen LogP contribution < -0.4 is 0 Å². The third-order valence-corrected chi connectivity index (χ3v) is 2.98. The molecule has 0 radical (unpaired) electrons. The molecule has 1 aromatic rings. The Morgan fingerprint density at radius 3 is 2.94 bits per heavy atom. The molecule has 0 unspecified atom stereocenters. The number of ketones is 1. The lowest BCUT2D eigenvalue weighted by Crippen LogP contribution is -2.13. The minimum absolute atomic E-state index is 0.192. The van der Waals surface area contributed by atoms with E-state index in [1.165, 1.54) is 0 Å². The molecule has 0 aromatic heterocycles. The molecule has 1 aliphatic rings. The van der Waals surface area contributed by atoms with E-state index < -0.39 is 0 Å². The fourth-order valence-electron chi connectivity index (χ4n) is 2.16. The van der Waals surface area contributed by atoms with Gasteiger partial charge in [-0.3, -0.25) is 9.59 Å². The molecule has 0 spiro atoms. The molecule has 1 aliphatic carbocycles. The van der Waals surface area contributed by atoms with E-state index in [4.69, 9.17) is 4.74 Å². The molecule has 0 fully saturated rings. The molecule has 0 aliphatic heterocycles. The van der Waals surface area contributed by atoms with Gasteiger partial charge in [0.15, 0.2) is 5.78 Å². The number of benzene rings is 1. The summed E-state index contributed by atoms with van der Waals surface area (Å²) in [5.41, 5.74) is 2.75. The molecule has 0 bridgehead atoms. The van der Waals surface area contributed by atoms with E-state index in [2.05, 4.69) is 0 Å². The molecule has 1 aromatic carbocycles. The van der Waals surface area contributed by atoms with Gasteiger partial charge in [-0.15, -0.1) is 0 Å². The molecule has 0 saturated heterocycles. The number of Topliss-reactive ketones (excluding diaryl/α,β-unsaturated/α-hetero) is 1. The Morgan fingerprint density at radius 2 is 2.18 bits per heavy atom. The molecular weight excluding hydrogens is 216 g/mol. The predicted octanol–water partition coefficient (Wildman–Crippen LogP) is 2.31. The van der Waals surface area contributed by atoms with Crippen LogP contribution >= 0.6 is 0 Å². The second kappa shape index (κ2) is 5.13. The number of rotatable bonds is 3. The summed E-state index contributed by atoms with van der Waals surface area (Å²) in [5.74, 6) is -0.0485. The van der Waals surface area contributed by atoms with E-state index in [0.717, 1.165) is 29.5 Å². The number of aryl methyl sites for hydroxylation is 1. The zero-order valence-corrected chi connectivity index (χ0v) is 9.99. The quantitative estimate of drug-likeness (QED) is 0.751. The van der Waals surface area contributed by atoms with Gasteiger partial charge in [0.2, 0.25) is 0 Å². The lowest BCUT2D eigenvalue weighted by Gasteiger charge is -2.15. The summed E-state index contributed by atoms with van der Waals surface area (Å²) in [4.78, 5) is 23.1. The third-order valence-electron chi connectivity index (χ3n) is 2.98. The topological polar surface area (TPSA) is 43.4 Å². The number of carbonyl (C=O) groups is 2. The van der Waals surface area contributed by atoms with Crippen LogP contribution in [0.4, 0.5) is 0 Å². The van der Waals surface area contributed by atoms with Gasteiger partial charge in [0.1, 0.15) is 0 Å². The highest BCUT2D eigenvalue weighted by atomic mass is 16.5. The summed E-state index contributed by atoms with van der Waals surface area (Å²) in [6, 6.07) is 5.71. The number of ether oxygens (including phenoxy) is 1. The maximum Gasteiger partial charge on any atom is 0.310 e. The minimum atomic E-state index is -0.240. The highest BCUT2D eigenvalue weighted by molar-refractivity contribution is 5.98. The lowest BCUT2D eigenvalue weighted by atomic mass is 9.89. The Labute approximate surface area is 101 Å². The summed E-state index contributed by atoms with van der Waals surface area (Å²) in [7, 11) is 0. The molecule has 0 N–H and O–H groups in total. The highest BCUT2D eigenvalue weighted by Crippen LogP contribution is 2.22. The average molecular weight is 232 g/mol. The number of carbonyl (C=O) groups excluding carboxylic acids is 2. The molecule has 0 atom stereocenters. The summed E-state index contributed by atoms with van der Waals surface area (Å²) in [6.45, 7) is 2.18. The minimum Gasteiger partial charge on any atom is -0.466 e. The van der Waals surface area contributed by atoms with Gasteiger partial charge in [0.05, 0.1) is 13.0 Å². The van der Waals surface area contributed by atoms with Gasteiger partial charge in [0.25, 0.3) is 0 Å². The van der Waals surface area contributed by atoms with Crippen LogP contribution in [-0.4, -0.2) is 18.4 Å². The van der Waals surface area contributed by atoms with Crippen LogP contribution in [-0.2, 0) is 22.4 Å². The van der Waals surface area contributed by atoms with Crippen LogP contribution in [0, 0.1) is 0 Å². The Kier molecular flexibility index (Phi) is 3.57. The zero-order chi connectivity index (χ0) is 12.3. The Balaban J connectivity index is 2.18. The summed E-state index contributed by atoms with van der Waals surface area (Å²) in [5, 5.41) is 0. The molecule has 3 heteroatoms. The van der Waals surface area contributed by atoms with Crippen molar-refractivity contribution in [1.29, 1.82) is 0 Å². The maximum absolute atomic E-state index is 11.7. The molecule has 3 nitrogen and oxygen atoms in total. The first-order valence-corrected chi connectivity index (χ1v) is 6.01. The third kappa shape index (κ3) is 2.73. The molecule has 2 rings (SSSR count). The van der Waals surface area contributed by atoms with Crippen LogP contribution in [0.15, 0.2) is 18.2 Å². The van der Waals surface area contributed by atoms with Crippen molar-refractivity contribution in [2.75, 3.05) is 6.61 Å². The van der Waals surface area contributed by atoms with Crippen LogP contribution in [0.2, 0.25) is 0 Å². The van der Waals surface area contributed by atoms with Gasteiger partial charge in [0, 0.05) is 12.0 Å². The van der Waals surface area contributed by atoms with E-state index in [9.17, 15) is 9.59 Å². The molecule has 0 heterocycles. The Morgan fingerprint density at radius 1 is 1.35 bits per heavy atom. The van der Waals surface area contributed by atoms with Crippen molar-refractivity contribution in [2.45, 2.75) is 32.6 Å².